The van der Waals surface area contributed by atoms with Crippen LogP contribution in [0.15, 0.2) is 30.5 Å². The number of amides is 1. The van der Waals surface area contributed by atoms with Gasteiger partial charge in [-0.3, -0.25) is 4.79 Å². The summed E-state index contributed by atoms with van der Waals surface area (Å²) < 4.78 is 38.0. The third kappa shape index (κ3) is 3.53. The first-order chi connectivity index (χ1) is 11.3. The van der Waals surface area contributed by atoms with Crippen LogP contribution in [-0.2, 0) is 6.18 Å². The molecule has 3 rings (SSSR count). The fourth-order valence-electron chi connectivity index (χ4n) is 2.52. The molecule has 0 aliphatic carbocycles. The number of aromatic nitrogens is 1. The van der Waals surface area contributed by atoms with Crippen molar-refractivity contribution in [2.24, 2.45) is 0 Å². The van der Waals surface area contributed by atoms with Gasteiger partial charge in [0.05, 0.1) is 6.20 Å². The molecule has 1 fully saturated rings. The van der Waals surface area contributed by atoms with Gasteiger partial charge in [-0.1, -0.05) is 29.0 Å². The maximum atomic E-state index is 12.7. The number of rotatable bonds is 2. The first-order valence-corrected chi connectivity index (χ1v) is 8.30. The van der Waals surface area contributed by atoms with Crippen LogP contribution in [0.2, 0.25) is 0 Å². The number of piperazine rings is 1. The Bertz CT molecular complexity index is 719. The molecule has 2 heterocycles. The summed E-state index contributed by atoms with van der Waals surface area (Å²) in [5, 5.41) is 0.352. The van der Waals surface area contributed by atoms with E-state index in [1.165, 1.54) is 0 Å². The first-order valence-electron chi connectivity index (χ1n) is 7.48. The molecule has 1 aromatic heterocycles. The number of thiazole rings is 1. The molecule has 24 heavy (non-hydrogen) atoms. The topological polar surface area (TPSA) is 36.4 Å². The van der Waals surface area contributed by atoms with Crippen LogP contribution >= 0.6 is 11.3 Å². The minimum absolute atomic E-state index is 0.0511. The zero-order valence-electron chi connectivity index (χ0n) is 13.0. The number of carbonyl (C=O) groups is 1. The number of benzene rings is 1. The maximum absolute atomic E-state index is 12.7. The van der Waals surface area contributed by atoms with Gasteiger partial charge in [-0.15, -0.1) is 0 Å². The van der Waals surface area contributed by atoms with Gasteiger partial charge < -0.3 is 9.80 Å². The highest BCUT2D eigenvalue weighted by atomic mass is 32.1. The molecule has 0 radical (unpaired) electrons. The van der Waals surface area contributed by atoms with Gasteiger partial charge in [-0.2, -0.15) is 13.2 Å². The molecule has 1 aliphatic heterocycles. The van der Waals surface area contributed by atoms with E-state index in [2.05, 4.69) is 4.98 Å². The lowest BCUT2D eigenvalue weighted by molar-refractivity contribution is -0.134. The zero-order chi connectivity index (χ0) is 17.3. The second-order valence-electron chi connectivity index (χ2n) is 5.65. The molecular weight excluding hydrogens is 339 g/mol. The molecule has 0 saturated carbocycles. The molecule has 0 bridgehead atoms. The average molecular weight is 355 g/mol. The molecule has 1 aliphatic rings. The van der Waals surface area contributed by atoms with E-state index in [-0.39, 0.29) is 5.91 Å². The Hall–Kier alpha value is -2.09. The lowest BCUT2D eigenvalue weighted by atomic mass is 10.1. The van der Waals surface area contributed by atoms with Crippen LogP contribution in [0.25, 0.3) is 0 Å². The number of aryl methyl sites for hydroxylation is 1. The molecular formula is C16H16F3N3OS. The van der Waals surface area contributed by atoms with E-state index in [4.69, 9.17) is 0 Å². The Morgan fingerprint density at radius 3 is 2.29 bits per heavy atom. The fraction of sp³-hybridized carbons (Fsp3) is 0.375. The molecule has 128 valence electrons. The number of nitrogens with zero attached hydrogens (tertiary/aromatic N) is 3. The minimum atomic E-state index is -4.36. The zero-order valence-corrected chi connectivity index (χ0v) is 13.8. The van der Waals surface area contributed by atoms with Crippen LogP contribution < -0.4 is 4.90 Å². The number of hydrogen-bond donors (Lipinski definition) is 0. The standard InChI is InChI=1S/C16H16F3N3OS/c1-11-2-4-12(5-3-11)14(23)21-6-8-22(9-7-21)15-20-10-13(24-15)16(17,18)19/h2-5,10H,6-9H2,1H3. The van der Waals surface area contributed by atoms with E-state index in [0.29, 0.717) is 48.2 Å². The van der Waals surface area contributed by atoms with Crippen molar-refractivity contribution in [2.75, 3.05) is 31.1 Å². The Morgan fingerprint density at radius 2 is 1.75 bits per heavy atom. The largest absolute Gasteiger partial charge is 0.427 e. The van der Waals surface area contributed by atoms with Crippen LogP contribution in [0.5, 0.6) is 0 Å². The van der Waals surface area contributed by atoms with Crippen LogP contribution in [0.3, 0.4) is 0 Å². The van der Waals surface area contributed by atoms with E-state index < -0.39 is 11.1 Å². The Kier molecular flexibility index (Phi) is 4.49. The molecule has 0 unspecified atom stereocenters. The number of alkyl halides is 3. The summed E-state index contributed by atoms with van der Waals surface area (Å²) in [5.41, 5.74) is 1.71. The second kappa shape index (κ2) is 6.43. The van der Waals surface area contributed by atoms with Crippen LogP contribution in [0, 0.1) is 6.92 Å². The van der Waals surface area contributed by atoms with Crippen molar-refractivity contribution < 1.29 is 18.0 Å². The van der Waals surface area contributed by atoms with E-state index in [0.717, 1.165) is 11.8 Å². The Balaban J connectivity index is 1.62. The highest BCUT2D eigenvalue weighted by molar-refractivity contribution is 7.15. The minimum Gasteiger partial charge on any atom is -0.345 e. The molecule has 4 nitrogen and oxygen atoms in total. The summed E-state index contributed by atoms with van der Waals surface area (Å²) in [5.74, 6) is -0.0511. The van der Waals surface area contributed by atoms with Gasteiger partial charge in [0.2, 0.25) is 0 Å². The fourth-order valence-corrected chi connectivity index (χ4v) is 3.36. The highest BCUT2D eigenvalue weighted by Crippen LogP contribution is 2.36. The second-order valence-corrected chi connectivity index (χ2v) is 6.66. The highest BCUT2D eigenvalue weighted by Gasteiger charge is 2.34. The van der Waals surface area contributed by atoms with E-state index in [1.807, 2.05) is 19.1 Å². The van der Waals surface area contributed by atoms with Crippen molar-refractivity contribution >= 4 is 22.4 Å². The molecule has 2 aromatic rings. The molecule has 1 aromatic carbocycles. The van der Waals surface area contributed by atoms with Gasteiger partial charge in [0.1, 0.15) is 4.88 Å². The smallest absolute Gasteiger partial charge is 0.345 e. The number of carbonyl (C=O) groups excluding carboxylic acids is 1. The van der Waals surface area contributed by atoms with Gasteiger partial charge in [-0.25, -0.2) is 4.98 Å². The first kappa shape index (κ1) is 16.8. The van der Waals surface area contributed by atoms with Gasteiger partial charge in [-0.05, 0) is 19.1 Å². The summed E-state index contributed by atoms with van der Waals surface area (Å²) in [4.78, 5) is 19.1. The maximum Gasteiger partial charge on any atom is 0.427 e. The van der Waals surface area contributed by atoms with Crippen molar-refractivity contribution in [3.63, 3.8) is 0 Å². The summed E-state index contributed by atoms with van der Waals surface area (Å²) >= 11 is 0.640. The Morgan fingerprint density at radius 1 is 1.12 bits per heavy atom. The normalized spacial score (nSPS) is 15.7. The lowest BCUT2D eigenvalue weighted by Gasteiger charge is -2.34. The molecule has 1 amide bonds. The third-order valence-corrected chi connectivity index (χ3v) is 5.01. The summed E-state index contributed by atoms with van der Waals surface area (Å²) in [6.07, 6.45) is -3.50. The van der Waals surface area contributed by atoms with Crippen molar-refractivity contribution in [1.82, 2.24) is 9.88 Å². The quantitative estimate of drug-likeness (QED) is 0.828. The molecule has 8 heteroatoms. The summed E-state index contributed by atoms with van der Waals surface area (Å²) in [6, 6.07) is 7.36. The van der Waals surface area contributed by atoms with Crippen molar-refractivity contribution in [3.8, 4) is 0 Å². The molecule has 0 N–H and O–H groups in total. The monoisotopic (exact) mass is 355 g/mol. The van der Waals surface area contributed by atoms with Crippen molar-refractivity contribution in [3.05, 3.63) is 46.5 Å². The average Bonchev–Trinajstić information content (AvgIpc) is 3.05. The lowest BCUT2D eigenvalue weighted by Crippen LogP contribution is -2.48. The van der Waals surface area contributed by atoms with E-state index >= 15 is 0 Å². The summed E-state index contributed by atoms with van der Waals surface area (Å²) in [6.45, 7) is 3.84. The van der Waals surface area contributed by atoms with Crippen LogP contribution in [-0.4, -0.2) is 42.0 Å². The SMILES string of the molecule is Cc1ccc(C(=O)N2CCN(c3ncc(C(F)(F)F)s3)CC2)cc1. The molecule has 1 saturated heterocycles. The van der Waals surface area contributed by atoms with Crippen LogP contribution in [0.4, 0.5) is 18.3 Å². The number of anilines is 1. The van der Waals surface area contributed by atoms with E-state index in [1.54, 1.807) is 21.9 Å². The van der Waals surface area contributed by atoms with Crippen molar-refractivity contribution in [1.29, 1.82) is 0 Å². The molecule has 0 spiro atoms. The van der Waals surface area contributed by atoms with Crippen molar-refractivity contribution in [2.45, 2.75) is 13.1 Å². The number of hydrogen-bond acceptors (Lipinski definition) is 4. The van der Waals surface area contributed by atoms with Crippen LogP contribution in [0.1, 0.15) is 20.8 Å². The predicted molar refractivity (Wildman–Crippen MR) is 86.4 cm³/mol. The van der Waals surface area contributed by atoms with Gasteiger partial charge >= 0.3 is 6.18 Å². The number of halogens is 3. The third-order valence-electron chi connectivity index (χ3n) is 3.91. The Labute approximate surface area is 141 Å². The van der Waals surface area contributed by atoms with Gasteiger partial charge in [0, 0.05) is 31.7 Å². The summed E-state index contributed by atoms with van der Waals surface area (Å²) in [7, 11) is 0. The van der Waals surface area contributed by atoms with Gasteiger partial charge in [0.15, 0.2) is 5.13 Å². The molecule has 0 atom stereocenters. The predicted octanol–water partition coefficient (Wildman–Crippen LogP) is 3.43. The van der Waals surface area contributed by atoms with Gasteiger partial charge in [0.25, 0.3) is 5.91 Å². The van der Waals surface area contributed by atoms with E-state index in [9.17, 15) is 18.0 Å².